The molecule has 372 valence electrons. The van der Waals surface area contributed by atoms with Gasteiger partial charge in [0, 0.05) is 11.8 Å². The summed E-state index contributed by atoms with van der Waals surface area (Å²) in [5.74, 6) is 1.77. The monoisotopic (exact) mass is 1150 g/mol. The third-order valence-electron chi connectivity index (χ3n) is 13.9. The summed E-state index contributed by atoms with van der Waals surface area (Å²) in [4.78, 5) is 7.22. The number of pyridine rings is 1. The molecule has 74 heavy (non-hydrogen) atoms. The predicted molar refractivity (Wildman–Crippen MR) is 302 cm³/mol. The van der Waals surface area contributed by atoms with Crippen molar-refractivity contribution in [3.63, 3.8) is 0 Å². The number of hydrogen-bond acceptors (Lipinski definition) is 4. The van der Waals surface area contributed by atoms with Gasteiger partial charge in [0.05, 0.1) is 5.69 Å². The van der Waals surface area contributed by atoms with Crippen molar-refractivity contribution in [2.24, 2.45) is 0 Å². The summed E-state index contributed by atoms with van der Waals surface area (Å²) >= 11 is 2.35. The van der Waals surface area contributed by atoms with Crippen LogP contribution in [-0.4, -0.2) is 30.8 Å². The summed E-state index contributed by atoms with van der Waals surface area (Å²) < 4.78 is 58.8. The number of nitrogens with zero attached hydrogens (tertiary/aromatic N) is 6. The Morgan fingerprint density at radius 1 is 0.595 bits per heavy atom. The molecule has 10 aromatic rings. The third kappa shape index (κ3) is 9.02. The van der Waals surface area contributed by atoms with Crippen molar-refractivity contribution in [1.29, 1.82) is 0 Å². The van der Waals surface area contributed by atoms with Gasteiger partial charge in [-0.05, 0) is 17.0 Å². The Morgan fingerprint density at radius 2 is 1.23 bits per heavy atom. The molecule has 0 bridgehead atoms. The van der Waals surface area contributed by atoms with Gasteiger partial charge in [-0.1, -0.05) is 58.0 Å². The van der Waals surface area contributed by atoms with E-state index in [-0.39, 0.29) is 40.9 Å². The number of rotatable bonds is 9. The molecule has 9 heteroatoms. The summed E-state index contributed by atoms with van der Waals surface area (Å²) in [5, 5.41) is 5.23. The molecule has 0 amide bonds. The van der Waals surface area contributed by atoms with Crippen LogP contribution in [0.4, 0.5) is 11.5 Å². The fourth-order valence-corrected chi connectivity index (χ4v) is 11.0. The van der Waals surface area contributed by atoms with Crippen LogP contribution in [0.25, 0.3) is 67.2 Å². The Morgan fingerprint density at radius 3 is 1.91 bits per heavy atom. The average Bonchev–Trinajstić information content (AvgIpc) is 4.26. The Labute approximate surface area is 454 Å². The van der Waals surface area contributed by atoms with Crippen LogP contribution in [0, 0.1) is 15.9 Å². The van der Waals surface area contributed by atoms with Gasteiger partial charge in [0.15, 0.2) is 0 Å². The fraction of sp³-hybridized carbons (Fsp3) is 0.215. The summed E-state index contributed by atoms with van der Waals surface area (Å²) in [6.07, 6.45) is 2.62. The molecule has 0 atom stereocenters. The number of hydrogen-bond donors (Lipinski definition) is 0. The van der Waals surface area contributed by atoms with Crippen LogP contribution in [0.1, 0.15) is 92.8 Å². The van der Waals surface area contributed by atoms with E-state index in [2.05, 4.69) is 192 Å². The van der Waals surface area contributed by atoms with E-state index in [1.54, 1.807) is 0 Å². The van der Waals surface area contributed by atoms with Gasteiger partial charge in [-0.25, -0.2) is 0 Å². The number of benzene rings is 7. The number of ether oxygens (including phenoxy) is 1. The van der Waals surface area contributed by atoms with Crippen LogP contribution in [0.5, 0.6) is 11.5 Å². The first kappa shape index (κ1) is 43.2. The number of fused-ring (bicyclic) bond motifs is 4. The molecule has 0 saturated carbocycles. The zero-order valence-corrected chi connectivity index (χ0v) is 45.8. The molecule has 1 aliphatic heterocycles. The molecule has 0 unspecified atom stereocenters. The second-order valence-electron chi connectivity index (χ2n) is 22.1. The average molecular weight is 1150 g/mol. The molecular weight excluding hydrogens is 1090 g/mol. The molecule has 7 nitrogen and oxygen atoms in total. The minimum atomic E-state index is -0.441. The van der Waals surface area contributed by atoms with Crippen LogP contribution < -0.4 is 9.55 Å². The van der Waals surface area contributed by atoms with Crippen LogP contribution in [0.3, 0.4) is 0 Å². The predicted octanol–water partition coefficient (Wildman–Crippen LogP) is 16.6. The summed E-state index contributed by atoms with van der Waals surface area (Å²) in [6.45, 7) is 21.9. The molecule has 4 heterocycles. The normalized spacial score (nSPS) is 13.8. The van der Waals surface area contributed by atoms with Gasteiger partial charge in [-0.2, -0.15) is 5.10 Å². The van der Waals surface area contributed by atoms with E-state index in [0.29, 0.717) is 28.4 Å². The molecule has 11 rings (SSSR count). The van der Waals surface area contributed by atoms with Crippen molar-refractivity contribution in [3.05, 3.63) is 209 Å². The second kappa shape index (κ2) is 18.9. The molecule has 0 radical (unpaired) electrons. The molecule has 0 aliphatic carbocycles. The Balaban J connectivity index is 1.08. The molecular formula is C65H61BN6OPt-2. The number of aromatic nitrogens is 5. The maximum absolute atomic E-state index is 9.31. The van der Waals surface area contributed by atoms with E-state index in [9.17, 15) is 2.74 Å². The van der Waals surface area contributed by atoms with Crippen molar-refractivity contribution >= 4 is 29.5 Å². The Hall–Kier alpha value is -7.28. The first-order chi connectivity index (χ1) is 37.5. The van der Waals surface area contributed by atoms with Gasteiger partial charge < -0.3 is 0 Å². The van der Waals surface area contributed by atoms with E-state index in [1.165, 1.54) is 0 Å². The van der Waals surface area contributed by atoms with Crippen LogP contribution in [0.15, 0.2) is 176 Å². The third-order valence-corrected chi connectivity index (χ3v) is 15.0. The van der Waals surface area contributed by atoms with Crippen LogP contribution in [0.2, 0.25) is 6.32 Å². The number of para-hydroxylation sites is 3. The minimum absolute atomic E-state index is 0.114. The van der Waals surface area contributed by atoms with Gasteiger partial charge in [0.1, 0.15) is 0 Å². The van der Waals surface area contributed by atoms with Gasteiger partial charge in [0.2, 0.25) is 0 Å². The topological polar surface area (TPSA) is 53.0 Å². The SMILES string of the molecule is [2H]c1c([2H])c([2H])c(-c2cccc(-c3cc(C(C)(C)C)cc(C(C)(C)C)c3)c2-n2[c](=[Pt])n(-c3[c-]c(Oc4[c-]c5c(cc4)-c4cc(-c6ccccc6)nn4B(CC)N5c4cc(C(C)(C)C)ccn4)ccc3)c3ccccc32)c([2H])c1[2H]. The van der Waals surface area contributed by atoms with Gasteiger partial charge >= 0.3 is 359 Å². The second-order valence-corrected chi connectivity index (χ2v) is 23.1. The van der Waals surface area contributed by atoms with Gasteiger partial charge in [-0.3, -0.25) is 0 Å². The number of imidazole rings is 1. The Bertz CT molecular complexity index is 4050. The van der Waals surface area contributed by atoms with Crippen molar-refractivity contribution in [1.82, 2.24) is 23.8 Å². The molecule has 1 aliphatic rings. The first-order valence-electron chi connectivity index (χ1n) is 27.8. The van der Waals surface area contributed by atoms with Crippen molar-refractivity contribution in [2.75, 3.05) is 4.81 Å². The zero-order valence-electron chi connectivity index (χ0n) is 48.5. The fourth-order valence-electron chi connectivity index (χ4n) is 9.94. The molecule has 0 fully saturated rings. The van der Waals surface area contributed by atoms with Crippen LogP contribution in [-0.2, 0) is 35.6 Å². The van der Waals surface area contributed by atoms with Crippen LogP contribution >= 0.6 is 0 Å². The standard InChI is InChI=1S/C65H61BN6O.Pt/c1-11-66-71(61-39-47(34-35-67-61)63(2,3)4)59-41-52(32-33-55(59)60-42-56(68-72(60)66)45-24-16-13-17-25-45)73-51-27-20-26-50(40-51)69-43-70(58-31-19-18-30-57(58)69)62-53(44-22-14-12-15-23-44)28-21-29-54(62)46-36-48(64(5,6)7)38-49(37-46)65(8,9)10;/h12-39,42H,11H2,1-10H3;/q-2;/i12D,14D,15D,22D,23D;. The van der Waals surface area contributed by atoms with Crippen molar-refractivity contribution < 1.29 is 30.9 Å². The van der Waals surface area contributed by atoms with Crippen molar-refractivity contribution in [2.45, 2.75) is 91.8 Å². The van der Waals surface area contributed by atoms with E-state index in [1.807, 2.05) is 72.9 Å². The van der Waals surface area contributed by atoms with Gasteiger partial charge in [-0.15, -0.1) is 0 Å². The van der Waals surface area contributed by atoms with E-state index >= 15 is 0 Å². The number of anilines is 2. The maximum atomic E-state index is 9.31. The van der Waals surface area contributed by atoms with E-state index in [4.69, 9.17) is 18.9 Å². The molecule has 0 spiro atoms. The molecule has 0 saturated heterocycles. The summed E-state index contributed by atoms with van der Waals surface area (Å²) in [7, 11) is 0. The summed E-state index contributed by atoms with van der Waals surface area (Å²) in [6, 6.07) is 52.9. The quantitative estimate of drug-likeness (QED) is 0.107. The Kier molecular flexibility index (Phi) is 11.0. The van der Waals surface area contributed by atoms with E-state index in [0.717, 1.165) is 83.0 Å². The molecule has 7 aromatic carbocycles. The first-order valence-corrected chi connectivity index (χ1v) is 26.4. The van der Waals surface area contributed by atoms with Gasteiger partial charge in [0.25, 0.3) is 0 Å². The molecule has 3 aromatic heterocycles. The zero-order chi connectivity index (χ0) is 56.0. The molecule has 0 N–H and O–H groups in total. The van der Waals surface area contributed by atoms with E-state index < -0.39 is 18.1 Å². The van der Waals surface area contributed by atoms with Crippen molar-refractivity contribution in [3.8, 4) is 67.6 Å². The summed E-state index contributed by atoms with van der Waals surface area (Å²) in [5.41, 5.74) is 13.2.